The summed E-state index contributed by atoms with van der Waals surface area (Å²) in [5.41, 5.74) is 6.45. The third-order valence-corrected chi connectivity index (χ3v) is 3.49. The molecule has 1 aliphatic rings. The third-order valence-electron chi connectivity index (χ3n) is 3.49. The summed E-state index contributed by atoms with van der Waals surface area (Å²) in [7, 11) is 2.10. The molecule has 1 aromatic carbocycles. The van der Waals surface area contributed by atoms with Gasteiger partial charge in [-0.3, -0.25) is 0 Å². The van der Waals surface area contributed by atoms with Gasteiger partial charge in [0.15, 0.2) is 0 Å². The van der Waals surface area contributed by atoms with Crippen molar-refractivity contribution >= 4 is 11.5 Å². The van der Waals surface area contributed by atoms with Gasteiger partial charge in [-0.15, -0.1) is 0 Å². The quantitative estimate of drug-likeness (QED) is 0.682. The van der Waals surface area contributed by atoms with Gasteiger partial charge in [-0.1, -0.05) is 18.2 Å². The number of rotatable bonds is 0. The Kier molecular flexibility index (Phi) is 2.18. The minimum Gasteiger partial charge on any atom is -0.329 e. The fourth-order valence-corrected chi connectivity index (χ4v) is 2.63. The Balaban J connectivity index is 2.23. The van der Waals surface area contributed by atoms with Gasteiger partial charge >= 0.3 is 0 Å². The molecule has 86 valence electrons. The monoisotopic (exact) mass is 224 g/mol. The molecular weight excluding hydrogens is 208 g/mol. The van der Waals surface area contributed by atoms with Gasteiger partial charge in [0.05, 0.1) is 0 Å². The van der Waals surface area contributed by atoms with Crippen LogP contribution in [0.15, 0.2) is 30.3 Å². The number of para-hydroxylation sites is 1. The van der Waals surface area contributed by atoms with E-state index in [4.69, 9.17) is 0 Å². The molecule has 0 bridgehead atoms. The van der Waals surface area contributed by atoms with E-state index in [2.05, 4.69) is 61.1 Å². The molecule has 0 aliphatic carbocycles. The first-order valence-electron chi connectivity index (χ1n) is 5.95. The van der Waals surface area contributed by atoms with Crippen molar-refractivity contribution in [2.45, 2.75) is 20.3 Å². The van der Waals surface area contributed by atoms with Crippen LogP contribution in [-0.2, 0) is 6.42 Å². The van der Waals surface area contributed by atoms with Gasteiger partial charge in [0.2, 0.25) is 0 Å². The molecule has 0 atom stereocenters. The van der Waals surface area contributed by atoms with E-state index in [9.17, 15) is 0 Å². The topological polar surface area (TPSA) is 16.1 Å². The van der Waals surface area contributed by atoms with Gasteiger partial charge in [-0.25, -0.2) is 4.98 Å². The van der Waals surface area contributed by atoms with E-state index < -0.39 is 0 Å². The summed E-state index contributed by atoms with van der Waals surface area (Å²) < 4.78 is 0. The largest absolute Gasteiger partial charge is 0.329 e. The molecule has 0 spiro atoms. The molecule has 3 rings (SSSR count). The van der Waals surface area contributed by atoms with Crippen LogP contribution in [0.4, 0.5) is 11.5 Å². The number of benzene rings is 1. The number of anilines is 2. The molecule has 0 fully saturated rings. The maximum Gasteiger partial charge on any atom is 0.136 e. The van der Waals surface area contributed by atoms with E-state index in [-0.39, 0.29) is 0 Å². The van der Waals surface area contributed by atoms with Crippen molar-refractivity contribution in [1.29, 1.82) is 0 Å². The van der Waals surface area contributed by atoms with Crippen LogP contribution in [0.3, 0.4) is 0 Å². The highest BCUT2D eigenvalue weighted by Crippen LogP contribution is 2.37. The van der Waals surface area contributed by atoms with Crippen molar-refractivity contribution < 1.29 is 0 Å². The van der Waals surface area contributed by atoms with E-state index >= 15 is 0 Å². The van der Waals surface area contributed by atoms with Crippen LogP contribution in [-0.4, -0.2) is 12.0 Å². The van der Waals surface area contributed by atoms with E-state index in [1.807, 2.05) is 0 Å². The number of hydrogen-bond donors (Lipinski definition) is 0. The van der Waals surface area contributed by atoms with Crippen molar-refractivity contribution in [3.63, 3.8) is 0 Å². The summed E-state index contributed by atoms with van der Waals surface area (Å²) in [4.78, 5) is 6.88. The molecule has 2 heterocycles. The lowest BCUT2D eigenvalue weighted by Crippen LogP contribution is -2.21. The summed E-state index contributed by atoms with van der Waals surface area (Å²) in [5.74, 6) is 1.11. The fraction of sp³-hybridized carbons (Fsp3) is 0.267. The van der Waals surface area contributed by atoms with Gasteiger partial charge in [-0.2, -0.15) is 0 Å². The number of pyridine rings is 1. The fourth-order valence-electron chi connectivity index (χ4n) is 2.63. The molecule has 2 heteroatoms. The number of hydrogen-bond acceptors (Lipinski definition) is 2. The van der Waals surface area contributed by atoms with Gasteiger partial charge in [0, 0.05) is 30.4 Å². The van der Waals surface area contributed by atoms with E-state index in [1.165, 1.54) is 22.4 Å². The average molecular weight is 224 g/mol. The van der Waals surface area contributed by atoms with E-state index in [0.29, 0.717) is 0 Å². The lowest BCUT2D eigenvalue weighted by molar-refractivity contribution is 0.975. The molecule has 17 heavy (non-hydrogen) atoms. The van der Waals surface area contributed by atoms with Crippen molar-refractivity contribution in [3.05, 3.63) is 52.7 Å². The predicted octanol–water partition coefficient (Wildman–Crippen LogP) is 3.37. The summed E-state index contributed by atoms with van der Waals surface area (Å²) in [6.45, 7) is 4.23. The highest BCUT2D eigenvalue weighted by atomic mass is 15.2. The first kappa shape index (κ1) is 10.3. The van der Waals surface area contributed by atoms with Gasteiger partial charge in [0.25, 0.3) is 0 Å². The van der Waals surface area contributed by atoms with Crippen LogP contribution in [0.25, 0.3) is 0 Å². The highest BCUT2D eigenvalue weighted by molar-refractivity contribution is 5.72. The second kappa shape index (κ2) is 3.59. The smallest absolute Gasteiger partial charge is 0.136 e. The molecule has 0 unspecified atom stereocenters. The molecule has 1 aromatic heterocycles. The maximum absolute atomic E-state index is 4.68. The van der Waals surface area contributed by atoms with Crippen molar-refractivity contribution in [1.82, 2.24) is 4.98 Å². The van der Waals surface area contributed by atoms with Gasteiger partial charge < -0.3 is 4.90 Å². The van der Waals surface area contributed by atoms with E-state index in [0.717, 1.165) is 17.9 Å². The number of aryl methyl sites for hydroxylation is 2. The Hall–Kier alpha value is -1.83. The molecule has 0 saturated heterocycles. The zero-order valence-corrected chi connectivity index (χ0v) is 10.5. The molecule has 1 aliphatic heterocycles. The SMILES string of the molecule is Cc1cc(C)c2c(n1)N(C)c1ccccc1C2. The zero-order chi connectivity index (χ0) is 12.0. The van der Waals surface area contributed by atoms with E-state index in [1.54, 1.807) is 0 Å². The Bertz CT molecular complexity index is 587. The van der Waals surface area contributed by atoms with Crippen molar-refractivity contribution in [2.75, 3.05) is 11.9 Å². The standard InChI is InChI=1S/C15H16N2/c1-10-8-11(2)16-15-13(10)9-12-6-4-5-7-14(12)17(15)3/h4-8H,9H2,1-3H3. The summed E-state index contributed by atoms with van der Waals surface area (Å²) >= 11 is 0. The Morgan fingerprint density at radius 3 is 2.76 bits per heavy atom. The lowest BCUT2D eigenvalue weighted by Gasteiger charge is -2.30. The maximum atomic E-state index is 4.68. The minimum atomic E-state index is 0.995. The van der Waals surface area contributed by atoms with Gasteiger partial charge in [0.1, 0.15) is 5.82 Å². The highest BCUT2D eigenvalue weighted by Gasteiger charge is 2.22. The molecular formula is C15H16N2. The van der Waals surface area contributed by atoms with Crippen LogP contribution < -0.4 is 4.90 Å². The van der Waals surface area contributed by atoms with Crippen molar-refractivity contribution in [3.8, 4) is 0 Å². The summed E-state index contributed by atoms with van der Waals surface area (Å²) in [6, 6.07) is 10.7. The van der Waals surface area contributed by atoms with Crippen LogP contribution in [0.1, 0.15) is 22.4 Å². The van der Waals surface area contributed by atoms with Crippen LogP contribution in [0, 0.1) is 13.8 Å². The average Bonchev–Trinajstić information content (AvgIpc) is 2.31. The first-order chi connectivity index (χ1) is 8.16. The molecule has 2 aromatic rings. The minimum absolute atomic E-state index is 0.995. The normalized spacial score (nSPS) is 13.2. The lowest BCUT2D eigenvalue weighted by atomic mass is 9.95. The van der Waals surface area contributed by atoms with Crippen LogP contribution in [0.2, 0.25) is 0 Å². The third kappa shape index (κ3) is 1.52. The number of aromatic nitrogens is 1. The first-order valence-corrected chi connectivity index (χ1v) is 5.95. The molecule has 2 nitrogen and oxygen atoms in total. The Morgan fingerprint density at radius 1 is 1.18 bits per heavy atom. The second-order valence-corrected chi connectivity index (χ2v) is 4.75. The summed E-state index contributed by atoms with van der Waals surface area (Å²) in [5, 5.41) is 0. The molecule has 0 N–H and O–H groups in total. The Morgan fingerprint density at radius 2 is 1.94 bits per heavy atom. The molecule has 0 saturated carbocycles. The van der Waals surface area contributed by atoms with Gasteiger partial charge in [-0.05, 0) is 37.1 Å². The van der Waals surface area contributed by atoms with Crippen LogP contribution >= 0.6 is 0 Å². The number of fused-ring (bicyclic) bond motifs is 2. The Labute approximate surface area is 102 Å². The molecule has 0 radical (unpaired) electrons. The van der Waals surface area contributed by atoms with Crippen molar-refractivity contribution in [2.24, 2.45) is 0 Å². The van der Waals surface area contributed by atoms with Crippen LogP contribution in [0.5, 0.6) is 0 Å². The zero-order valence-electron chi connectivity index (χ0n) is 10.5. The second-order valence-electron chi connectivity index (χ2n) is 4.75. The molecule has 0 amide bonds. The summed E-state index contributed by atoms with van der Waals surface area (Å²) in [6.07, 6.45) is 0.995. The number of nitrogens with zero attached hydrogens (tertiary/aromatic N) is 2. The predicted molar refractivity (Wildman–Crippen MR) is 71.0 cm³/mol.